The van der Waals surface area contributed by atoms with Crippen LogP contribution >= 0.6 is 0 Å². The highest BCUT2D eigenvalue weighted by molar-refractivity contribution is 7.92. The Morgan fingerprint density at radius 1 is 1.13 bits per heavy atom. The van der Waals surface area contributed by atoms with Gasteiger partial charge in [-0.2, -0.15) is 4.31 Å². The van der Waals surface area contributed by atoms with Crippen LogP contribution in [-0.2, 0) is 24.8 Å². The van der Waals surface area contributed by atoms with Gasteiger partial charge < -0.3 is 5.32 Å². The molecular formula is C20H24FN3O5S2. The Morgan fingerprint density at radius 2 is 1.81 bits per heavy atom. The smallest absolute Gasteiger partial charge is 0.243 e. The van der Waals surface area contributed by atoms with Gasteiger partial charge in [-0.05, 0) is 55.3 Å². The zero-order chi connectivity index (χ0) is 22.8. The predicted molar refractivity (Wildman–Crippen MR) is 116 cm³/mol. The number of amides is 1. The van der Waals surface area contributed by atoms with E-state index < -0.39 is 31.8 Å². The fraction of sp³-hybridized carbons (Fsp3) is 0.350. The summed E-state index contributed by atoms with van der Waals surface area (Å²) in [5.74, 6) is -1.45. The van der Waals surface area contributed by atoms with E-state index in [0.29, 0.717) is 24.2 Å². The lowest BCUT2D eigenvalue weighted by molar-refractivity contribution is -0.120. The van der Waals surface area contributed by atoms with Crippen LogP contribution in [0.2, 0.25) is 0 Å². The van der Waals surface area contributed by atoms with Gasteiger partial charge in [0.05, 0.1) is 22.8 Å². The van der Waals surface area contributed by atoms with Gasteiger partial charge in [-0.15, -0.1) is 0 Å². The van der Waals surface area contributed by atoms with Gasteiger partial charge in [0.15, 0.2) is 0 Å². The molecule has 1 fully saturated rings. The van der Waals surface area contributed by atoms with Crippen LogP contribution in [0.25, 0.3) is 0 Å². The highest BCUT2D eigenvalue weighted by Gasteiger charge is 2.33. The zero-order valence-corrected chi connectivity index (χ0v) is 18.8. The number of halogens is 1. The third-order valence-electron chi connectivity index (χ3n) is 5.18. The molecule has 2 aromatic rings. The predicted octanol–water partition coefficient (Wildman–Crippen LogP) is 2.26. The van der Waals surface area contributed by atoms with E-state index >= 15 is 0 Å². The summed E-state index contributed by atoms with van der Waals surface area (Å²) in [6.07, 6.45) is 2.11. The number of carbonyl (C=O) groups is 1. The van der Waals surface area contributed by atoms with Gasteiger partial charge in [0.1, 0.15) is 5.82 Å². The number of rotatable bonds is 6. The Balaban J connectivity index is 1.72. The third-order valence-corrected chi connectivity index (χ3v) is 8.27. The first kappa shape index (κ1) is 23.2. The average molecular weight is 470 g/mol. The molecule has 0 aromatic heterocycles. The van der Waals surface area contributed by atoms with E-state index in [0.717, 1.165) is 22.7 Å². The number of benzene rings is 2. The van der Waals surface area contributed by atoms with Crippen LogP contribution in [0.4, 0.5) is 15.8 Å². The molecule has 3 rings (SSSR count). The maximum atomic E-state index is 13.1. The first-order chi connectivity index (χ1) is 14.5. The van der Waals surface area contributed by atoms with Crippen LogP contribution in [0.15, 0.2) is 53.4 Å². The molecule has 1 heterocycles. The lowest BCUT2D eigenvalue weighted by Crippen LogP contribution is -2.43. The largest absolute Gasteiger partial charge is 0.326 e. The molecule has 1 aliphatic rings. The minimum Gasteiger partial charge on any atom is -0.326 e. The first-order valence-corrected chi connectivity index (χ1v) is 12.9. The van der Waals surface area contributed by atoms with Crippen molar-refractivity contribution in [2.75, 3.05) is 36.0 Å². The van der Waals surface area contributed by atoms with Crippen molar-refractivity contribution in [3.63, 3.8) is 0 Å². The lowest BCUT2D eigenvalue weighted by Gasteiger charge is -2.31. The second kappa shape index (κ2) is 8.93. The second-order valence-corrected chi connectivity index (χ2v) is 11.4. The Kier molecular flexibility index (Phi) is 6.68. The van der Waals surface area contributed by atoms with E-state index in [2.05, 4.69) is 5.32 Å². The number of sulfonamides is 2. The number of anilines is 2. The Labute approximate surface area is 181 Å². The number of hydrogen-bond acceptors (Lipinski definition) is 5. The molecule has 8 nitrogen and oxygen atoms in total. The third kappa shape index (κ3) is 5.41. The van der Waals surface area contributed by atoms with Crippen LogP contribution in [-0.4, -0.2) is 53.4 Å². The van der Waals surface area contributed by atoms with E-state index in [1.54, 1.807) is 18.2 Å². The van der Waals surface area contributed by atoms with Crippen molar-refractivity contribution in [1.29, 1.82) is 0 Å². The number of carbonyl (C=O) groups excluding carboxylic acids is 1. The molecular weight excluding hydrogens is 445 g/mol. The summed E-state index contributed by atoms with van der Waals surface area (Å²) in [4.78, 5) is 12.8. The molecule has 0 spiro atoms. The van der Waals surface area contributed by atoms with E-state index in [1.165, 1.54) is 29.6 Å². The number of nitrogens with one attached hydrogen (secondary N) is 1. The van der Waals surface area contributed by atoms with Crippen molar-refractivity contribution in [3.05, 3.63) is 54.3 Å². The molecule has 0 radical (unpaired) electrons. The van der Waals surface area contributed by atoms with Gasteiger partial charge in [0.2, 0.25) is 26.0 Å². The standard InChI is InChI=1S/C20H24FN3O5S2/c1-23(30(2,26)27)18-7-3-6-17(13-18)22-20(25)15-5-4-12-24(14-15)31(28,29)19-10-8-16(21)9-11-19/h3,6-11,13,15H,4-5,12,14H2,1-2H3,(H,22,25)/t15-/m0/s1. The Bertz CT molecular complexity index is 1170. The topological polar surface area (TPSA) is 104 Å². The van der Waals surface area contributed by atoms with Crippen molar-refractivity contribution < 1.29 is 26.0 Å². The van der Waals surface area contributed by atoms with Crippen molar-refractivity contribution in [1.82, 2.24) is 4.31 Å². The van der Waals surface area contributed by atoms with Crippen LogP contribution in [0.1, 0.15) is 12.8 Å². The summed E-state index contributed by atoms with van der Waals surface area (Å²) in [6.45, 7) is 0.284. The molecule has 168 valence electrons. The lowest BCUT2D eigenvalue weighted by atomic mass is 9.98. The van der Waals surface area contributed by atoms with Crippen molar-refractivity contribution in [2.24, 2.45) is 5.92 Å². The molecule has 1 N–H and O–H groups in total. The molecule has 1 saturated heterocycles. The number of hydrogen-bond donors (Lipinski definition) is 1. The molecule has 0 bridgehead atoms. The van der Waals surface area contributed by atoms with Crippen LogP contribution in [0.5, 0.6) is 0 Å². The Morgan fingerprint density at radius 3 is 2.45 bits per heavy atom. The van der Waals surface area contributed by atoms with E-state index in [9.17, 15) is 26.0 Å². The summed E-state index contributed by atoms with van der Waals surface area (Å²) in [6, 6.07) is 11.0. The van der Waals surface area contributed by atoms with Crippen molar-refractivity contribution >= 4 is 37.3 Å². The quantitative estimate of drug-likeness (QED) is 0.699. The van der Waals surface area contributed by atoms with Gasteiger partial charge >= 0.3 is 0 Å². The molecule has 1 atom stereocenters. The highest BCUT2D eigenvalue weighted by atomic mass is 32.2. The van der Waals surface area contributed by atoms with Crippen LogP contribution < -0.4 is 9.62 Å². The molecule has 1 aliphatic heterocycles. The molecule has 0 saturated carbocycles. The molecule has 11 heteroatoms. The SMILES string of the molecule is CN(c1cccc(NC(=O)[C@H]2CCCN(S(=O)(=O)c3ccc(F)cc3)C2)c1)S(C)(=O)=O. The summed E-state index contributed by atoms with van der Waals surface area (Å²) in [5.41, 5.74) is 0.806. The average Bonchev–Trinajstić information content (AvgIpc) is 2.73. The highest BCUT2D eigenvalue weighted by Crippen LogP contribution is 2.26. The van der Waals surface area contributed by atoms with Crippen molar-refractivity contribution in [3.8, 4) is 0 Å². The van der Waals surface area contributed by atoms with E-state index in [1.807, 2.05) is 0 Å². The molecule has 0 aliphatic carbocycles. The van der Waals surface area contributed by atoms with Gasteiger partial charge in [0.25, 0.3) is 0 Å². The van der Waals surface area contributed by atoms with E-state index in [-0.39, 0.29) is 23.9 Å². The first-order valence-electron chi connectivity index (χ1n) is 9.59. The number of nitrogens with zero attached hydrogens (tertiary/aromatic N) is 2. The van der Waals surface area contributed by atoms with Gasteiger partial charge in [-0.25, -0.2) is 21.2 Å². The normalized spacial score (nSPS) is 17.8. The van der Waals surface area contributed by atoms with Gasteiger partial charge in [-0.3, -0.25) is 9.10 Å². The summed E-state index contributed by atoms with van der Waals surface area (Å²) in [7, 11) is -5.88. The summed E-state index contributed by atoms with van der Waals surface area (Å²) in [5, 5.41) is 2.75. The Hall–Kier alpha value is -2.50. The van der Waals surface area contributed by atoms with Gasteiger partial charge in [-0.1, -0.05) is 6.07 Å². The zero-order valence-electron chi connectivity index (χ0n) is 17.2. The van der Waals surface area contributed by atoms with E-state index in [4.69, 9.17) is 0 Å². The molecule has 0 unspecified atom stereocenters. The van der Waals surface area contributed by atoms with Gasteiger partial charge in [0, 0.05) is 25.8 Å². The summed E-state index contributed by atoms with van der Waals surface area (Å²) < 4.78 is 64.6. The van der Waals surface area contributed by atoms with Crippen LogP contribution in [0.3, 0.4) is 0 Å². The molecule has 1 amide bonds. The second-order valence-electron chi connectivity index (χ2n) is 7.43. The summed E-state index contributed by atoms with van der Waals surface area (Å²) >= 11 is 0. The van der Waals surface area contributed by atoms with Crippen molar-refractivity contribution in [2.45, 2.75) is 17.7 Å². The number of piperidine rings is 1. The fourth-order valence-electron chi connectivity index (χ4n) is 3.35. The minimum absolute atomic E-state index is 0.00841. The maximum Gasteiger partial charge on any atom is 0.243 e. The maximum absolute atomic E-state index is 13.1. The monoisotopic (exact) mass is 469 g/mol. The fourth-order valence-corrected chi connectivity index (χ4v) is 5.37. The minimum atomic E-state index is -3.84. The van der Waals surface area contributed by atoms with Crippen LogP contribution in [0, 0.1) is 11.7 Å². The molecule has 31 heavy (non-hydrogen) atoms. The molecule has 2 aromatic carbocycles.